The van der Waals surface area contributed by atoms with Gasteiger partial charge >= 0.3 is 12.5 Å². The van der Waals surface area contributed by atoms with Gasteiger partial charge in [0.15, 0.2) is 0 Å². The minimum Gasteiger partial charge on any atom is -0.437 e. The molecule has 2 heterocycles. The third-order valence-electron chi connectivity index (χ3n) is 3.59. The van der Waals surface area contributed by atoms with Crippen LogP contribution in [-0.4, -0.2) is 27.2 Å². The van der Waals surface area contributed by atoms with Crippen molar-refractivity contribution < 1.29 is 40.6 Å². The van der Waals surface area contributed by atoms with Gasteiger partial charge in [-0.05, 0) is 18.2 Å². The standard InChI is InChI=1S/C18H9ClF6N4O3/c19-13-4-11(32-18(23,24)25)1-2-14(13)31-16-12(3-9(5-28-16)17(20,21)22)15(30)29-10-6-26-8-27-7-10/h1-8H,(H,29,30). The van der Waals surface area contributed by atoms with Gasteiger partial charge in [-0.1, -0.05) is 11.6 Å². The van der Waals surface area contributed by atoms with E-state index in [2.05, 4.69) is 25.0 Å². The molecule has 0 aliphatic carbocycles. The van der Waals surface area contributed by atoms with E-state index in [9.17, 15) is 31.1 Å². The molecule has 0 bridgehead atoms. The number of amides is 1. The van der Waals surface area contributed by atoms with Crippen LogP contribution < -0.4 is 14.8 Å². The number of nitrogens with one attached hydrogen (secondary N) is 1. The van der Waals surface area contributed by atoms with E-state index in [-0.39, 0.29) is 16.5 Å². The SMILES string of the molecule is O=C(Nc1cncnc1)c1cc(C(F)(F)F)cnc1Oc1ccc(OC(F)(F)F)cc1Cl. The summed E-state index contributed by atoms with van der Waals surface area (Å²) in [5.41, 5.74) is -1.79. The van der Waals surface area contributed by atoms with Crippen LogP contribution in [-0.2, 0) is 6.18 Å². The van der Waals surface area contributed by atoms with Gasteiger partial charge in [0, 0.05) is 12.3 Å². The maximum absolute atomic E-state index is 13.1. The molecule has 0 atom stereocenters. The van der Waals surface area contributed by atoms with Crippen molar-refractivity contribution in [3.8, 4) is 17.4 Å². The molecule has 168 valence electrons. The number of benzene rings is 1. The topological polar surface area (TPSA) is 86.2 Å². The number of ether oxygens (including phenoxy) is 2. The lowest BCUT2D eigenvalue weighted by Crippen LogP contribution is -2.17. The first kappa shape index (κ1) is 23.1. The second kappa shape index (κ2) is 8.86. The number of aromatic nitrogens is 3. The normalized spacial score (nSPS) is 11.7. The van der Waals surface area contributed by atoms with E-state index < -0.39 is 41.2 Å². The minimum absolute atomic E-state index is 0.0764. The monoisotopic (exact) mass is 478 g/mol. The van der Waals surface area contributed by atoms with Gasteiger partial charge in [0.25, 0.3) is 5.91 Å². The van der Waals surface area contributed by atoms with Crippen molar-refractivity contribution in [1.82, 2.24) is 15.0 Å². The lowest BCUT2D eigenvalue weighted by atomic mass is 10.1. The lowest BCUT2D eigenvalue weighted by molar-refractivity contribution is -0.274. The molecule has 0 unspecified atom stereocenters. The van der Waals surface area contributed by atoms with E-state index in [0.717, 1.165) is 18.2 Å². The number of anilines is 1. The van der Waals surface area contributed by atoms with Gasteiger partial charge in [-0.15, -0.1) is 13.2 Å². The Morgan fingerprint density at radius 2 is 1.69 bits per heavy atom. The zero-order valence-electron chi connectivity index (χ0n) is 15.3. The molecule has 32 heavy (non-hydrogen) atoms. The van der Waals surface area contributed by atoms with E-state index in [1.54, 1.807) is 0 Å². The molecule has 1 aromatic carbocycles. The second-order valence-corrected chi connectivity index (χ2v) is 6.31. The fourth-order valence-corrected chi connectivity index (χ4v) is 2.49. The molecule has 3 rings (SSSR count). The van der Waals surface area contributed by atoms with Crippen LogP contribution in [0.15, 0.2) is 49.2 Å². The molecule has 3 aromatic rings. The van der Waals surface area contributed by atoms with Crippen molar-refractivity contribution in [3.05, 3.63) is 65.3 Å². The molecule has 0 radical (unpaired) electrons. The van der Waals surface area contributed by atoms with Crippen molar-refractivity contribution in [2.45, 2.75) is 12.5 Å². The summed E-state index contributed by atoms with van der Waals surface area (Å²) in [6.45, 7) is 0. The Morgan fingerprint density at radius 3 is 2.28 bits per heavy atom. The van der Waals surface area contributed by atoms with E-state index in [1.165, 1.54) is 18.7 Å². The zero-order valence-corrected chi connectivity index (χ0v) is 16.1. The van der Waals surface area contributed by atoms with E-state index in [4.69, 9.17) is 16.3 Å². The summed E-state index contributed by atoms with van der Waals surface area (Å²) in [6.07, 6.45) is -5.79. The number of pyridine rings is 1. The molecular weight excluding hydrogens is 470 g/mol. The number of carbonyl (C=O) groups is 1. The molecule has 1 N–H and O–H groups in total. The lowest BCUT2D eigenvalue weighted by Gasteiger charge is -2.15. The highest BCUT2D eigenvalue weighted by Gasteiger charge is 2.33. The number of rotatable bonds is 5. The number of nitrogens with zero attached hydrogens (tertiary/aromatic N) is 3. The third-order valence-corrected chi connectivity index (χ3v) is 3.88. The fourth-order valence-electron chi connectivity index (χ4n) is 2.28. The van der Waals surface area contributed by atoms with Crippen molar-refractivity contribution in [2.75, 3.05) is 5.32 Å². The number of alkyl halides is 6. The molecular formula is C18H9ClF6N4O3. The molecule has 0 saturated heterocycles. The zero-order chi connectivity index (χ0) is 23.5. The van der Waals surface area contributed by atoms with Crippen LogP contribution in [0.2, 0.25) is 5.02 Å². The predicted molar refractivity (Wildman–Crippen MR) is 97.4 cm³/mol. The van der Waals surface area contributed by atoms with E-state index >= 15 is 0 Å². The van der Waals surface area contributed by atoms with Crippen LogP contribution in [0.1, 0.15) is 15.9 Å². The molecule has 0 aliphatic rings. The summed E-state index contributed by atoms with van der Waals surface area (Å²) in [5.74, 6) is -2.57. The quantitative estimate of drug-likeness (QED) is 0.488. The molecule has 7 nitrogen and oxygen atoms in total. The number of halogens is 7. The molecule has 14 heteroatoms. The van der Waals surface area contributed by atoms with Crippen LogP contribution >= 0.6 is 11.6 Å². The van der Waals surface area contributed by atoms with Crippen LogP contribution in [0, 0.1) is 0 Å². The Bertz CT molecular complexity index is 1130. The molecule has 2 aromatic heterocycles. The second-order valence-electron chi connectivity index (χ2n) is 5.90. The van der Waals surface area contributed by atoms with E-state index in [1.807, 2.05) is 0 Å². The Hall–Kier alpha value is -3.61. The minimum atomic E-state index is -4.97. The Kier molecular flexibility index (Phi) is 6.39. The van der Waals surface area contributed by atoms with E-state index in [0.29, 0.717) is 12.3 Å². The maximum atomic E-state index is 13.1. The summed E-state index contributed by atoms with van der Waals surface area (Å²) in [5, 5.41) is 1.90. The van der Waals surface area contributed by atoms with Crippen molar-refractivity contribution in [1.29, 1.82) is 0 Å². The summed E-state index contributed by atoms with van der Waals surface area (Å²) in [4.78, 5) is 23.4. The summed E-state index contributed by atoms with van der Waals surface area (Å²) < 4.78 is 85.3. The highest BCUT2D eigenvalue weighted by atomic mass is 35.5. The summed E-state index contributed by atoms with van der Waals surface area (Å²) >= 11 is 5.88. The van der Waals surface area contributed by atoms with Crippen LogP contribution in [0.3, 0.4) is 0 Å². The first-order valence-electron chi connectivity index (χ1n) is 8.29. The summed E-state index contributed by atoms with van der Waals surface area (Å²) in [7, 11) is 0. The smallest absolute Gasteiger partial charge is 0.437 e. The van der Waals surface area contributed by atoms with Gasteiger partial charge in [-0.25, -0.2) is 15.0 Å². The molecule has 0 saturated carbocycles. The number of hydrogen-bond acceptors (Lipinski definition) is 6. The molecule has 0 spiro atoms. The van der Waals surface area contributed by atoms with Crippen molar-refractivity contribution in [3.63, 3.8) is 0 Å². The molecule has 1 amide bonds. The average molecular weight is 479 g/mol. The van der Waals surface area contributed by atoms with Gasteiger partial charge in [-0.3, -0.25) is 4.79 Å². The van der Waals surface area contributed by atoms with Gasteiger partial charge in [0.2, 0.25) is 5.88 Å². The number of hydrogen-bond donors (Lipinski definition) is 1. The maximum Gasteiger partial charge on any atom is 0.573 e. The Morgan fingerprint density at radius 1 is 1.00 bits per heavy atom. The highest BCUT2D eigenvalue weighted by molar-refractivity contribution is 6.32. The first-order chi connectivity index (χ1) is 14.9. The van der Waals surface area contributed by atoms with Crippen LogP contribution in [0.5, 0.6) is 17.4 Å². The molecule has 0 fully saturated rings. The van der Waals surface area contributed by atoms with Gasteiger partial charge in [0.05, 0.1) is 28.7 Å². The largest absolute Gasteiger partial charge is 0.573 e. The number of carbonyl (C=O) groups excluding carboxylic acids is 1. The highest BCUT2D eigenvalue weighted by Crippen LogP contribution is 2.36. The van der Waals surface area contributed by atoms with Gasteiger partial charge in [0.1, 0.15) is 23.4 Å². The Balaban J connectivity index is 1.94. The Labute approximate surface area is 180 Å². The summed E-state index contributed by atoms with van der Waals surface area (Å²) in [6, 6.07) is 3.10. The third kappa shape index (κ3) is 5.97. The van der Waals surface area contributed by atoms with Gasteiger partial charge < -0.3 is 14.8 Å². The van der Waals surface area contributed by atoms with Crippen LogP contribution in [0.4, 0.5) is 32.0 Å². The van der Waals surface area contributed by atoms with Gasteiger partial charge in [-0.2, -0.15) is 13.2 Å². The molecule has 0 aliphatic heterocycles. The van der Waals surface area contributed by atoms with Crippen molar-refractivity contribution in [2.24, 2.45) is 0 Å². The predicted octanol–water partition coefficient (Wildman–Crippen LogP) is 5.49. The van der Waals surface area contributed by atoms with Crippen molar-refractivity contribution >= 4 is 23.2 Å². The average Bonchev–Trinajstić information content (AvgIpc) is 2.69. The van der Waals surface area contributed by atoms with Crippen LogP contribution in [0.25, 0.3) is 0 Å². The fraction of sp³-hybridized carbons (Fsp3) is 0.111. The first-order valence-corrected chi connectivity index (χ1v) is 8.67.